The molecule has 3 aliphatic rings. The number of anilines is 1. The largest absolute Gasteiger partial charge is 0.508 e. The van der Waals surface area contributed by atoms with Crippen LogP contribution in [0.2, 0.25) is 0 Å². The van der Waals surface area contributed by atoms with Gasteiger partial charge in [-0.05, 0) is 75.7 Å². The minimum atomic E-state index is -0.724. The van der Waals surface area contributed by atoms with Crippen molar-refractivity contribution in [1.29, 1.82) is 0 Å². The van der Waals surface area contributed by atoms with E-state index in [-0.39, 0.29) is 39.5 Å². The predicted molar refractivity (Wildman–Crippen MR) is 169 cm³/mol. The summed E-state index contributed by atoms with van der Waals surface area (Å²) in [5, 5.41) is 11.7. The molecule has 4 aromatic rings. The number of likely N-dealkylation sites (tertiary alicyclic amines) is 1. The molecule has 8 nitrogen and oxygen atoms in total. The number of hydrogen-bond donors (Lipinski definition) is 1. The summed E-state index contributed by atoms with van der Waals surface area (Å²) < 4.78 is 43.8. The Labute approximate surface area is 261 Å². The number of aromatic hydroxyl groups is 1. The van der Waals surface area contributed by atoms with Gasteiger partial charge in [0.1, 0.15) is 28.6 Å². The number of halogens is 2. The Morgan fingerprint density at radius 2 is 1.96 bits per heavy atom. The molecular formula is C35H37F2N5O3. The Hall–Kier alpha value is -4.07. The smallest absolute Gasteiger partial charge is 0.319 e. The van der Waals surface area contributed by atoms with Gasteiger partial charge in [-0.3, -0.25) is 4.98 Å². The van der Waals surface area contributed by atoms with Crippen molar-refractivity contribution in [2.24, 2.45) is 5.41 Å². The number of rotatable bonds is 5. The van der Waals surface area contributed by atoms with Crippen LogP contribution in [-0.4, -0.2) is 77.5 Å². The number of phenolic OH excluding ortho intramolecular Hbond substituents is 1. The number of hydrogen-bond acceptors (Lipinski definition) is 8. The Morgan fingerprint density at radius 1 is 1.09 bits per heavy atom. The summed E-state index contributed by atoms with van der Waals surface area (Å²) in [6.45, 7) is 4.06. The molecule has 2 aromatic heterocycles. The Balaban J connectivity index is 1.37. The quantitative estimate of drug-likeness (QED) is 0.272. The third kappa shape index (κ3) is 5.32. The highest BCUT2D eigenvalue weighted by molar-refractivity contribution is 6.03. The van der Waals surface area contributed by atoms with E-state index in [0.717, 1.165) is 58.0 Å². The minimum absolute atomic E-state index is 0.0119. The van der Waals surface area contributed by atoms with Crippen molar-refractivity contribution in [2.45, 2.75) is 51.0 Å². The third-order valence-corrected chi connectivity index (χ3v) is 9.93. The van der Waals surface area contributed by atoms with E-state index in [9.17, 15) is 9.50 Å². The zero-order chi connectivity index (χ0) is 31.1. The molecule has 2 aliphatic heterocycles. The van der Waals surface area contributed by atoms with E-state index in [2.05, 4.69) is 32.7 Å². The molecule has 1 N–H and O–H groups in total. The normalized spacial score (nSPS) is 22.6. The first kappa shape index (κ1) is 29.6. The van der Waals surface area contributed by atoms with Crippen LogP contribution in [-0.2, 0) is 4.74 Å². The van der Waals surface area contributed by atoms with Crippen LogP contribution < -0.4 is 9.64 Å². The summed E-state index contributed by atoms with van der Waals surface area (Å²) in [6.07, 6.45) is 14.6. The summed E-state index contributed by atoms with van der Waals surface area (Å²) >= 11 is 0. The molecular weight excluding hydrogens is 576 g/mol. The molecule has 7 rings (SSSR count). The molecule has 45 heavy (non-hydrogen) atoms. The van der Waals surface area contributed by atoms with Gasteiger partial charge < -0.3 is 24.4 Å². The lowest BCUT2D eigenvalue weighted by atomic mass is 9.76. The van der Waals surface area contributed by atoms with Crippen LogP contribution in [0.1, 0.15) is 50.5 Å². The van der Waals surface area contributed by atoms with Gasteiger partial charge in [-0.15, -0.1) is 6.42 Å². The van der Waals surface area contributed by atoms with Gasteiger partial charge in [-0.2, -0.15) is 9.97 Å². The Kier molecular flexibility index (Phi) is 7.92. The topological polar surface area (TPSA) is 83.8 Å². The van der Waals surface area contributed by atoms with Crippen LogP contribution in [0.5, 0.6) is 11.8 Å². The molecule has 2 aromatic carbocycles. The maximum atomic E-state index is 16.8. The Bertz CT molecular complexity index is 1800. The van der Waals surface area contributed by atoms with Crippen molar-refractivity contribution in [3.8, 4) is 35.4 Å². The van der Waals surface area contributed by atoms with E-state index in [0.29, 0.717) is 54.4 Å². The van der Waals surface area contributed by atoms with Crippen molar-refractivity contribution in [1.82, 2.24) is 19.9 Å². The first-order valence-corrected chi connectivity index (χ1v) is 15.8. The minimum Gasteiger partial charge on any atom is -0.508 e. The van der Waals surface area contributed by atoms with Crippen LogP contribution in [0.25, 0.3) is 32.9 Å². The molecule has 1 aliphatic carbocycles. The molecule has 10 heteroatoms. The molecule has 234 valence electrons. The van der Waals surface area contributed by atoms with E-state index in [1.165, 1.54) is 24.3 Å². The molecule has 0 amide bonds. The van der Waals surface area contributed by atoms with Gasteiger partial charge >= 0.3 is 6.01 Å². The first-order chi connectivity index (χ1) is 21.9. The van der Waals surface area contributed by atoms with Crippen molar-refractivity contribution in [3.63, 3.8) is 0 Å². The molecule has 0 spiro atoms. The van der Waals surface area contributed by atoms with Crippen molar-refractivity contribution < 1.29 is 23.4 Å². The van der Waals surface area contributed by atoms with Gasteiger partial charge in [-0.25, -0.2) is 8.78 Å². The summed E-state index contributed by atoms with van der Waals surface area (Å²) in [4.78, 5) is 18.5. The number of aromatic nitrogens is 3. The lowest BCUT2D eigenvalue weighted by molar-refractivity contribution is 0.0133. The SMILES string of the molecule is C#Cc1c(F)ccc2cc(O)cc(-c3ncc4c(N5CCCCOCC5)nc(OC[C@]56CCC[C@H]5N(C)CCC6)nc4c3F)c12. The second-order valence-electron chi connectivity index (χ2n) is 12.6. The second kappa shape index (κ2) is 12.0. The average Bonchev–Trinajstić information content (AvgIpc) is 3.46. The van der Waals surface area contributed by atoms with Gasteiger partial charge in [0, 0.05) is 48.3 Å². The number of pyridine rings is 1. The fraction of sp³-hybridized carbons (Fsp3) is 0.457. The summed E-state index contributed by atoms with van der Waals surface area (Å²) in [5.41, 5.74) is 0.106. The highest BCUT2D eigenvalue weighted by Crippen LogP contribution is 2.47. The van der Waals surface area contributed by atoms with Crippen molar-refractivity contribution >= 4 is 27.5 Å². The van der Waals surface area contributed by atoms with Crippen LogP contribution >= 0.6 is 0 Å². The highest BCUT2D eigenvalue weighted by Gasteiger charge is 2.47. The molecule has 1 saturated carbocycles. The van der Waals surface area contributed by atoms with Crippen LogP contribution in [0.4, 0.5) is 14.6 Å². The predicted octanol–water partition coefficient (Wildman–Crippen LogP) is 6.07. The zero-order valence-corrected chi connectivity index (χ0v) is 25.5. The number of benzene rings is 2. The number of fused-ring (bicyclic) bond motifs is 3. The van der Waals surface area contributed by atoms with Gasteiger partial charge in [0.15, 0.2) is 5.82 Å². The molecule has 0 unspecified atom stereocenters. The van der Waals surface area contributed by atoms with E-state index in [1.54, 1.807) is 6.20 Å². The van der Waals surface area contributed by atoms with E-state index < -0.39 is 11.6 Å². The summed E-state index contributed by atoms with van der Waals surface area (Å²) in [7, 11) is 2.19. The molecule has 2 atom stereocenters. The van der Waals surface area contributed by atoms with E-state index in [4.69, 9.17) is 20.9 Å². The fourth-order valence-electron chi connectivity index (χ4n) is 7.76. The molecule has 0 radical (unpaired) electrons. The van der Waals surface area contributed by atoms with Crippen LogP contribution in [0.15, 0.2) is 30.5 Å². The molecule has 2 saturated heterocycles. The third-order valence-electron chi connectivity index (χ3n) is 9.93. The van der Waals surface area contributed by atoms with Gasteiger partial charge in [0.25, 0.3) is 0 Å². The van der Waals surface area contributed by atoms with E-state index in [1.807, 2.05) is 0 Å². The fourth-order valence-corrected chi connectivity index (χ4v) is 7.76. The molecule has 0 bridgehead atoms. The van der Waals surface area contributed by atoms with Gasteiger partial charge in [-0.1, -0.05) is 18.4 Å². The molecule has 4 heterocycles. The number of ether oxygens (including phenoxy) is 2. The average molecular weight is 614 g/mol. The maximum absolute atomic E-state index is 16.8. The van der Waals surface area contributed by atoms with Crippen molar-refractivity contribution in [2.75, 3.05) is 51.4 Å². The highest BCUT2D eigenvalue weighted by atomic mass is 19.1. The van der Waals surface area contributed by atoms with Gasteiger partial charge in [0.05, 0.1) is 24.2 Å². The zero-order valence-electron chi connectivity index (χ0n) is 25.5. The Morgan fingerprint density at radius 3 is 2.82 bits per heavy atom. The number of nitrogens with zero attached hydrogens (tertiary/aromatic N) is 5. The maximum Gasteiger partial charge on any atom is 0.319 e. The monoisotopic (exact) mass is 613 g/mol. The summed E-state index contributed by atoms with van der Waals surface area (Å²) in [5.74, 6) is 1.47. The number of terminal acetylenes is 1. The number of piperidine rings is 1. The van der Waals surface area contributed by atoms with Gasteiger partial charge in [0.2, 0.25) is 0 Å². The standard InChI is InChI=1S/C35H37F2N5O3/c1-3-24-27(36)10-9-22-18-23(43)19-25(29(22)24)31-30(37)32-26(20-38-31)33(42-14-4-5-16-44-17-15-42)40-34(39-32)45-21-35-11-6-8-28(35)41(2)13-7-12-35/h1,9-10,18-20,28,43H,4-8,11-17,21H2,2H3/t28-,35-/m1/s1. The summed E-state index contributed by atoms with van der Waals surface area (Å²) in [6, 6.07) is 6.11. The lowest BCUT2D eigenvalue weighted by Crippen LogP contribution is -2.50. The van der Waals surface area contributed by atoms with E-state index >= 15 is 4.39 Å². The van der Waals surface area contributed by atoms with Crippen LogP contribution in [0.3, 0.4) is 0 Å². The first-order valence-electron chi connectivity index (χ1n) is 15.8. The number of phenols is 1. The second-order valence-corrected chi connectivity index (χ2v) is 12.6. The molecule has 3 fully saturated rings. The van der Waals surface area contributed by atoms with Crippen LogP contribution in [0, 0.1) is 29.4 Å². The lowest BCUT2D eigenvalue weighted by Gasteiger charge is -2.44. The van der Waals surface area contributed by atoms with Crippen molar-refractivity contribution in [3.05, 3.63) is 47.7 Å².